The standard InChI is InChI=1S/C17H21NO2/c1-2-15(12-13-9-10-13)18-17(20)16-8-4-3-6-14(16)7-5-11-19/h3-4,6,8,13,15,19H,2,9-12H2,1H3,(H,18,20). The van der Waals surface area contributed by atoms with E-state index in [4.69, 9.17) is 5.11 Å². The molecule has 1 aliphatic carbocycles. The molecule has 1 fully saturated rings. The Kier molecular flexibility index (Phi) is 5.20. The molecule has 2 rings (SSSR count). The molecule has 0 aliphatic heterocycles. The molecule has 1 atom stereocenters. The van der Waals surface area contributed by atoms with Gasteiger partial charge < -0.3 is 10.4 Å². The Morgan fingerprint density at radius 1 is 1.45 bits per heavy atom. The molecule has 1 amide bonds. The molecular formula is C17H21NO2. The fourth-order valence-electron chi connectivity index (χ4n) is 2.27. The van der Waals surface area contributed by atoms with Crippen LogP contribution >= 0.6 is 0 Å². The quantitative estimate of drug-likeness (QED) is 0.808. The molecule has 1 saturated carbocycles. The van der Waals surface area contributed by atoms with Crippen molar-refractivity contribution >= 4 is 5.91 Å². The van der Waals surface area contributed by atoms with Gasteiger partial charge in [0.2, 0.25) is 0 Å². The third-order valence-corrected chi connectivity index (χ3v) is 3.62. The maximum absolute atomic E-state index is 12.4. The summed E-state index contributed by atoms with van der Waals surface area (Å²) in [5.74, 6) is 6.15. The number of carbonyl (C=O) groups is 1. The van der Waals surface area contributed by atoms with Gasteiger partial charge in [-0.3, -0.25) is 4.79 Å². The molecule has 20 heavy (non-hydrogen) atoms. The van der Waals surface area contributed by atoms with Gasteiger partial charge in [-0.05, 0) is 30.9 Å². The molecule has 1 aliphatic rings. The first-order valence-electron chi connectivity index (χ1n) is 7.24. The zero-order valence-corrected chi connectivity index (χ0v) is 11.9. The predicted octanol–water partition coefficient (Wildman–Crippen LogP) is 2.34. The molecule has 3 heteroatoms. The van der Waals surface area contributed by atoms with Crippen molar-refractivity contribution in [3.05, 3.63) is 35.4 Å². The highest BCUT2D eigenvalue weighted by Gasteiger charge is 2.25. The zero-order chi connectivity index (χ0) is 14.4. The van der Waals surface area contributed by atoms with Crippen LogP contribution in [0.5, 0.6) is 0 Å². The fraction of sp³-hybridized carbons (Fsp3) is 0.471. The van der Waals surface area contributed by atoms with Crippen LogP contribution in [0.3, 0.4) is 0 Å². The minimum Gasteiger partial charge on any atom is -0.384 e. The van der Waals surface area contributed by atoms with Crippen LogP contribution in [0, 0.1) is 17.8 Å². The molecule has 0 heterocycles. The van der Waals surface area contributed by atoms with E-state index in [1.165, 1.54) is 12.8 Å². The number of hydrogen-bond donors (Lipinski definition) is 2. The number of aliphatic hydroxyl groups excluding tert-OH is 1. The van der Waals surface area contributed by atoms with Crippen molar-refractivity contribution in [1.29, 1.82) is 0 Å². The highest BCUT2D eigenvalue weighted by molar-refractivity contribution is 5.96. The highest BCUT2D eigenvalue weighted by atomic mass is 16.2. The van der Waals surface area contributed by atoms with Gasteiger partial charge in [-0.2, -0.15) is 0 Å². The molecule has 0 radical (unpaired) electrons. The number of aliphatic hydroxyl groups is 1. The Labute approximate surface area is 120 Å². The first-order valence-corrected chi connectivity index (χ1v) is 7.24. The van der Waals surface area contributed by atoms with Crippen molar-refractivity contribution in [1.82, 2.24) is 5.32 Å². The number of amides is 1. The molecule has 0 spiro atoms. The molecule has 0 bridgehead atoms. The second kappa shape index (κ2) is 7.12. The Morgan fingerprint density at radius 2 is 2.20 bits per heavy atom. The lowest BCUT2D eigenvalue weighted by molar-refractivity contribution is 0.0932. The Hall–Kier alpha value is -1.79. The van der Waals surface area contributed by atoms with Crippen LogP contribution in [0.15, 0.2) is 24.3 Å². The van der Waals surface area contributed by atoms with E-state index in [0.717, 1.165) is 18.8 Å². The van der Waals surface area contributed by atoms with Gasteiger partial charge in [-0.25, -0.2) is 0 Å². The summed E-state index contributed by atoms with van der Waals surface area (Å²) in [6.07, 6.45) is 4.62. The summed E-state index contributed by atoms with van der Waals surface area (Å²) in [4.78, 5) is 12.4. The SMILES string of the molecule is CCC(CC1CC1)NC(=O)c1ccccc1C#CCO. The predicted molar refractivity (Wildman–Crippen MR) is 79.3 cm³/mol. The molecule has 3 nitrogen and oxygen atoms in total. The van der Waals surface area contributed by atoms with Gasteiger partial charge >= 0.3 is 0 Å². The van der Waals surface area contributed by atoms with Gasteiger partial charge in [0.05, 0.1) is 5.56 Å². The summed E-state index contributed by atoms with van der Waals surface area (Å²) in [7, 11) is 0. The lowest BCUT2D eigenvalue weighted by Gasteiger charge is -2.17. The van der Waals surface area contributed by atoms with Crippen LogP contribution in [0.4, 0.5) is 0 Å². The molecule has 1 unspecified atom stereocenters. The van der Waals surface area contributed by atoms with Crippen molar-refractivity contribution in [2.45, 2.75) is 38.6 Å². The van der Waals surface area contributed by atoms with Crippen LogP contribution in [0.1, 0.15) is 48.5 Å². The van der Waals surface area contributed by atoms with Gasteiger partial charge in [-0.15, -0.1) is 0 Å². The smallest absolute Gasteiger partial charge is 0.252 e. The Bertz CT molecular complexity index is 523. The third-order valence-electron chi connectivity index (χ3n) is 3.62. The average Bonchev–Trinajstić information content (AvgIpc) is 3.28. The minimum atomic E-state index is -0.199. The number of carbonyl (C=O) groups excluding carboxylic acids is 1. The van der Waals surface area contributed by atoms with Crippen LogP contribution in [-0.4, -0.2) is 23.7 Å². The van der Waals surface area contributed by atoms with E-state index in [2.05, 4.69) is 24.1 Å². The fourth-order valence-corrected chi connectivity index (χ4v) is 2.27. The second-order valence-electron chi connectivity index (χ2n) is 5.26. The van der Waals surface area contributed by atoms with E-state index in [0.29, 0.717) is 11.1 Å². The second-order valence-corrected chi connectivity index (χ2v) is 5.26. The van der Waals surface area contributed by atoms with E-state index in [1.807, 2.05) is 12.1 Å². The van der Waals surface area contributed by atoms with E-state index >= 15 is 0 Å². The van der Waals surface area contributed by atoms with Gasteiger partial charge in [-0.1, -0.05) is 43.7 Å². The zero-order valence-electron chi connectivity index (χ0n) is 11.9. The molecule has 0 saturated heterocycles. The van der Waals surface area contributed by atoms with Crippen LogP contribution in [0.2, 0.25) is 0 Å². The molecule has 0 aromatic heterocycles. The van der Waals surface area contributed by atoms with E-state index in [9.17, 15) is 4.79 Å². The number of nitrogens with one attached hydrogen (secondary N) is 1. The topological polar surface area (TPSA) is 49.3 Å². The molecule has 1 aromatic carbocycles. The maximum atomic E-state index is 12.4. The minimum absolute atomic E-state index is 0.0691. The maximum Gasteiger partial charge on any atom is 0.252 e. The van der Waals surface area contributed by atoms with Crippen LogP contribution < -0.4 is 5.32 Å². The lowest BCUT2D eigenvalue weighted by atomic mass is 10.0. The van der Waals surface area contributed by atoms with E-state index in [-0.39, 0.29) is 18.6 Å². The molecule has 2 N–H and O–H groups in total. The first-order chi connectivity index (χ1) is 9.74. The van der Waals surface area contributed by atoms with Gasteiger partial charge in [0.1, 0.15) is 6.61 Å². The van der Waals surface area contributed by atoms with Crippen molar-refractivity contribution in [3.63, 3.8) is 0 Å². The van der Waals surface area contributed by atoms with Crippen molar-refractivity contribution in [2.24, 2.45) is 5.92 Å². The summed E-state index contributed by atoms with van der Waals surface area (Å²) in [6.45, 7) is 1.90. The summed E-state index contributed by atoms with van der Waals surface area (Å²) >= 11 is 0. The first kappa shape index (κ1) is 14.6. The summed E-state index contributed by atoms with van der Waals surface area (Å²) in [6, 6.07) is 7.51. The molecule has 106 valence electrons. The van der Waals surface area contributed by atoms with E-state index < -0.39 is 0 Å². The molecular weight excluding hydrogens is 250 g/mol. The van der Waals surface area contributed by atoms with Gasteiger partial charge in [0.15, 0.2) is 0 Å². The van der Waals surface area contributed by atoms with Crippen LogP contribution in [0.25, 0.3) is 0 Å². The number of hydrogen-bond acceptors (Lipinski definition) is 2. The summed E-state index contributed by atoms with van der Waals surface area (Å²) < 4.78 is 0. The van der Waals surface area contributed by atoms with Gasteiger partial charge in [0, 0.05) is 11.6 Å². The average molecular weight is 271 g/mol. The van der Waals surface area contributed by atoms with Crippen molar-refractivity contribution in [3.8, 4) is 11.8 Å². The van der Waals surface area contributed by atoms with E-state index in [1.54, 1.807) is 12.1 Å². The van der Waals surface area contributed by atoms with Crippen LogP contribution in [-0.2, 0) is 0 Å². The Morgan fingerprint density at radius 3 is 2.85 bits per heavy atom. The van der Waals surface area contributed by atoms with Gasteiger partial charge in [0.25, 0.3) is 5.91 Å². The third kappa shape index (κ3) is 4.11. The highest BCUT2D eigenvalue weighted by Crippen LogP contribution is 2.34. The summed E-state index contributed by atoms with van der Waals surface area (Å²) in [5.41, 5.74) is 1.25. The monoisotopic (exact) mass is 271 g/mol. The van der Waals surface area contributed by atoms with Crippen molar-refractivity contribution in [2.75, 3.05) is 6.61 Å². The van der Waals surface area contributed by atoms with Crippen molar-refractivity contribution < 1.29 is 9.90 Å². The number of rotatable bonds is 5. The normalized spacial score (nSPS) is 15.1. The lowest BCUT2D eigenvalue weighted by Crippen LogP contribution is -2.35. The number of benzene rings is 1. The largest absolute Gasteiger partial charge is 0.384 e. The summed E-state index contributed by atoms with van der Waals surface area (Å²) in [5, 5.41) is 11.9. The molecule has 1 aromatic rings. The Balaban J connectivity index is 2.07.